The van der Waals surface area contributed by atoms with Gasteiger partial charge in [0.15, 0.2) is 16.6 Å². The van der Waals surface area contributed by atoms with E-state index in [0.29, 0.717) is 28.8 Å². The molecule has 0 aliphatic rings. The fourth-order valence-electron chi connectivity index (χ4n) is 3.11. The summed E-state index contributed by atoms with van der Waals surface area (Å²) in [6, 6.07) is 21.6. The molecular weight excluding hydrogens is 458 g/mol. The third-order valence-corrected chi connectivity index (χ3v) is 6.54. The van der Waals surface area contributed by atoms with Crippen LogP contribution in [0.25, 0.3) is 0 Å². The second kappa shape index (κ2) is 11.6. The van der Waals surface area contributed by atoms with Crippen molar-refractivity contribution in [1.29, 1.82) is 0 Å². The molecule has 0 unspecified atom stereocenters. The van der Waals surface area contributed by atoms with Crippen molar-refractivity contribution in [2.24, 2.45) is 0 Å². The van der Waals surface area contributed by atoms with Gasteiger partial charge in [-0.05, 0) is 66.2 Å². The molecular formula is C24H27N3O4S2. The van der Waals surface area contributed by atoms with Crippen LogP contribution in [0.15, 0.2) is 77.7 Å². The molecule has 0 aliphatic carbocycles. The molecule has 33 heavy (non-hydrogen) atoms. The number of rotatable bonds is 10. The number of ether oxygens (including phenoxy) is 2. The number of methoxy groups -OCH3 is 2. The smallest absolute Gasteiger partial charge is 0.240 e. The Labute approximate surface area is 200 Å². The van der Waals surface area contributed by atoms with Gasteiger partial charge in [-0.25, -0.2) is 13.1 Å². The zero-order valence-electron chi connectivity index (χ0n) is 18.5. The van der Waals surface area contributed by atoms with Gasteiger partial charge < -0.3 is 20.1 Å². The van der Waals surface area contributed by atoms with Crippen LogP contribution in [-0.2, 0) is 23.0 Å². The summed E-state index contributed by atoms with van der Waals surface area (Å²) in [5.74, 6) is 1.37. The van der Waals surface area contributed by atoms with Gasteiger partial charge in [0.1, 0.15) is 0 Å². The normalized spacial score (nSPS) is 11.0. The summed E-state index contributed by atoms with van der Waals surface area (Å²) >= 11 is 5.34. The summed E-state index contributed by atoms with van der Waals surface area (Å²) in [5, 5.41) is 6.66. The first-order chi connectivity index (χ1) is 15.9. The second-order valence-electron chi connectivity index (χ2n) is 7.15. The van der Waals surface area contributed by atoms with Crippen LogP contribution in [0, 0.1) is 0 Å². The SMILES string of the molecule is COc1ccc(CCNC(=S)Nc2ccc(S(=O)(=O)NCc3ccccc3)cc2)cc1OC. The Morgan fingerprint density at radius 3 is 2.24 bits per heavy atom. The number of hydrogen-bond acceptors (Lipinski definition) is 5. The largest absolute Gasteiger partial charge is 0.493 e. The molecule has 0 fully saturated rings. The van der Waals surface area contributed by atoms with Crippen LogP contribution >= 0.6 is 12.2 Å². The van der Waals surface area contributed by atoms with Crippen molar-refractivity contribution < 1.29 is 17.9 Å². The van der Waals surface area contributed by atoms with Gasteiger partial charge in [-0.1, -0.05) is 36.4 Å². The molecule has 0 heterocycles. The molecule has 7 nitrogen and oxygen atoms in total. The number of nitrogens with one attached hydrogen (secondary N) is 3. The van der Waals surface area contributed by atoms with E-state index in [4.69, 9.17) is 21.7 Å². The maximum absolute atomic E-state index is 12.5. The fraction of sp³-hybridized carbons (Fsp3) is 0.208. The van der Waals surface area contributed by atoms with Crippen molar-refractivity contribution in [3.63, 3.8) is 0 Å². The predicted octanol–water partition coefficient (Wildman–Crippen LogP) is 3.71. The van der Waals surface area contributed by atoms with E-state index >= 15 is 0 Å². The summed E-state index contributed by atoms with van der Waals surface area (Å²) in [4.78, 5) is 0.191. The summed E-state index contributed by atoms with van der Waals surface area (Å²) in [6.07, 6.45) is 0.742. The maximum atomic E-state index is 12.5. The number of sulfonamides is 1. The molecule has 0 atom stereocenters. The van der Waals surface area contributed by atoms with E-state index in [0.717, 1.165) is 17.5 Å². The van der Waals surface area contributed by atoms with E-state index < -0.39 is 10.0 Å². The zero-order chi connectivity index (χ0) is 23.7. The minimum absolute atomic E-state index is 0.191. The first kappa shape index (κ1) is 24.5. The number of benzene rings is 3. The van der Waals surface area contributed by atoms with Gasteiger partial charge in [0.25, 0.3) is 0 Å². The van der Waals surface area contributed by atoms with E-state index in [9.17, 15) is 8.42 Å². The molecule has 0 aromatic heterocycles. The molecule has 0 radical (unpaired) electrons. The topological polar surface area (TPSA) is 88.7 Å². The van der Waals surface area contributed by atoms with Crippen molar-refractivity contribution in [2.45, 2.75) is 17.9 Å². The Kier molecular flexibility index (Phi) is 8.65. The van der Waals surface area contributed by atoms with Crippen LogP contribution in [-0.4, -0.2) is 34.3 Å². The van der Waals surface area contributed by atoms with E-state index in [2.05, 4.69) is 15.4 Å². The number of hydrogen-bond donors (Lipinski definition) is 3. The van der Waals surface area contributed by atoms with Crippen LogP contribution < -0.4 is 24.8 Å². The van der Waals surface area contributed by atoms with Gasteiger partial charge in [0.05, 0.1) is 19.1 Å². The Morgan fingerprint density at radius 2 is 1.58 bits per heavy atom. The molecule has 174 valence electrons. The molecule has 0 saturated carbocycles. The molecule has 9 heteroatoms. The first-order valence-corrected chi connectivity index (χ1v) is 12.2. The highest BCUT2D eigenvalue weighted by molar-refractivity contribution is 7.89. The second-order valence-corrected chi connectivity index (χ2v) is 9.33. The van der Waals surface area contributed by atoms with E-state index in [-0.39, 0.29) is 11.4 Å². The van der Waals surface area contributed by atoms with Gasteiger partial charge in [-0.2, -0.15) is 0 Å². The summed E-state index contributed by atoms with van der Waals surface area (Å²) < 4.78 is 38.2. The molecule has 0 saturated heterocycles. The summed E-state index contributed by atoms with van der Waals surface area (Å²) in [6.45, 7) is 0.856. The average Bonchev–Trinajstić information content (AvgIpc) is 2.83. The lowest BCUT2D eigenvalue weighted by atomic mass is 10.1. The lowest BCUT2D eigenvalue weighted by Gasteiger charge is -2.13. The van der Waals surface area contributed by atoms with E-state index in [1.54, 1.807) is 38.5 Å². The van der Waals surface area contributed by atoms with Gasteiger partial charge in [-0.3, -0.25) is 0 Å². The molecule has 3 aromatic rings. The molecule has 3 rings (SSSR count). The Balaban J connectivity index is 1.48. The molecule has 3 N–H and O–H groups in total. The minimum atomic E-state index is -3.60. The fourth-order valence-corrected chi connectivity index (χ4v) is 4.34. The molecule has 0 amide bonds. The third kappa shape index (κ3) is 7.18. The van der Waals surface area contributed by atoms with E-state index in [1.807, 2.05) is 48.5 Å². The highest BCUT2D eigenvalue weighted by atomic mass is 32.2. The quantitative estimate of drug-likeness (QED) is 0.377. The third-order valence-electron chi connectivity index (χ3n) is 4.88. The summed E-state index contributed by atoms with van der Waals surface area (Å²) in [5.41, 5.74) is 2.67. The van der Waals surface area contributed by atoms with Crippen LogP contribution in [0.3, 0.4) is 0 Å². The Bertz CT molecular complexity index is 1170. The highest BCUT2D eigenvalue weighted by Gasteiger charge is 2.13. The van der Waals surface area contributed by atoms with Crippen molar-refractivity contribution >= 4 is 33.0 Å². The lowest BCUT2D eigenvalue weighted by molar-refractivity contribution is 0.354. The van der Waals surface area contributed by atoms with Crippen molar-refractivity contribution in [2.75, 3.05) is 26.1 Å². The maximum Gasteiger partial charge on any atom is 0.240 e. The van der Waals surface area contributed by atoms with Gasteiger partial charge in [0.2, 0.25) is 10.0 Å². The minimum Gasteiger partial charge on any atom is -0.493 e. The Morgan fingerprint density at radius 1 is 0.879 bits per heavy atom. The van der Waals surface area contributed by atoms with Gasteiger partial charge in [-0.15, -0.1) is 0 Å². The first-order valence-electron chi connectivity index (χ1n) is 10.3. The molecule has 0 bridgehead atoms. The lowest BCUT2D eigenvalue weighted by Crippen LogP contribution is -2.30. The van der Waals surface area contributed by atoms with Crippen LogP contribution in [0.4, 0.5) is 5.69 Å². The molecule has 0 aliphatic heterocycles. The standard InChI is InChI=1S/C24H27N3O4S2/c1-30-22-13-8-18(16-23(22)31-2)14-15-25-24(32)27-20-9-11-21(12-10-20)33(28,29)26-17-19-6-4-3-5-7-19/h3-13,16,26H,14-15,17H2,1-2H3,(H2,25,27,32). The van der Waals surface area contributed by atoms with Crippen LogP contribution in [0.2, 0.25) is 0 Å². The predicted molar refractivity (Wildman–Crippen MR) is 134 cm³/mol. The zero-order valence-corrected chi connectivity index (χ0v) is 20.1. The van der Waals surface area contributed by atoms with Gasteiger partial charge in [0, 0.05) is 18.8 Å². The molecule has 3 aromatic carbocycles. The van der Waals surface area contributed by atoms with Crippen LogP contribution in [0.5, 0.6) is 11.5 Å². The average molecular weight is 486 g/mol. The number of thiocarbonyl (C=S) groups is 1. The Hall–Kier alpha value is -3.14. The van der Waals surface area contributed by atoms with Crippen molar-refractivity contribution in [3.8, 4) is 11.5 Å². The number of anilines is 1. The van der Waals surface area contributed by atoms with Crippen molar-refractivity contribution in [3.05, 3.63) is 83.9 Å². The van der Waals surface area contributed by atoms with E-state index in [1.165, 1.54) is 0 Å². The summed E-state index contributed by atoms with van der Waals surface area (Å²) in [7, 11) is -0.395. The van der Waals surface area contributed by atoms with Crippen LogP contribution in [0.1, 0.15) is 11.1 Å². The van der Waals surface area contributed by atoms with Crippen molar-refractivity contribution in [1.82, 2.24) is 10.0 Å². The highest BCUT2D eigenvalue weighted by Crippen LogP contribution is 2.27. The monoisotopic (exact) mass is 485 g/mol. The van der Waals surface area contributed by atoms with Gasteiger partial charge >= 0.3 is 0 Å². The molecule has 0 spiro atoms.